The van der Waals surface area contributed by atoms with Crippen LogP contribution in [0.3, 0.4) is 0 Å². The number of hydrogen-bond acceptors (Lipinski definition) is 8. The molecular weight excluding hydrogens is 640 g/mol. The van der Waals surface area contributed by atoms with E-state index in [2.05, 4.69) is 33.3 Å². The van der Waals surface area contributed by atoms with Gasteiger partial charge in [0.25, 0.3) is 5.91 Å². The third-order valence-corrected chi connectivity index (χ3v) is 7.76. The summed E-state index contributed by atoms with van der Waals surface area (Å²) in [5.41, 5.74) is 5.60. The molecule has 0 fully saturated rings. The molecule has 0 radical (unpaired) electrons. The van der Waals surface area contributed by atoms with Gasteiger partial charge >= 0.3 is 5.97 Å². The molecule has 1 aliphatic rings. The molecule has 0 unspecified atom stereocenters. The maximum absolute atomic E-state index is 12.8. The van der Waals surface area contributed by atoms with E-state index in [0.29, 0.717) is 56.4 Å². The summed E-state index contributed by atoms with van der Waals surface area (Å²) in [6.45, 7) is 3.65. The molecular formula is C35H33ClN4O6S. The van der Waals surface area contributed by atoms with Crippen molar-refractivity contribution in [3.05, 3.63) is 112 Å². The Morgan fingerprint density at radius 3 is 2.60 bits per heavy atom. The number of esters is 1. The molecule has 0 saturated heterocycles. The standard InChI is InChI=1S/C35H33ClN4O6S/c1-4-44-34(42)31-21(2)38-35(47)39-32(31)26-14-7-8-15-28(26)45-20-30(41)40-37-18-22-16-27(36)33(29(17-22)43-3)46-19-24-12-9-11-23-10-5-6-13-25(23)24/h5-18,32H,4,19-20H2,1-3H3,(H,40,41)(H2,38,39,47)/t32-/m0/s1. The molecule has 0 saturated carbocycles. The predicted molar refractivity (Wildman–Crippen MR) is 185 cm³/mol. The van der Waals surface area contributed by atoms with E-state index in [4.69, 9.17) is 42.8 Å². The van der Waals surface area contributed by atoms with Gasteiger partial charge in [-0.2, -0.15) is 5.10 Å². The number of hydrazone groups is 1. The molecule has 3 N–H and O–H groups in total. The molecule has 242 valence electrons. The summed E-state index contributed by atoms with van der Waals surface area (Å²) < 4.78 is 22.8. The number of para-hydroxylation sites is 1. The van der Waals surface area contributed by atoms with E-state index in [1.807, 2.05) is 30.3 Å². The zero-order valence-corrected chi connectivity index (χ0v) is 27.5. The summed E-state index contributed by atoms with van der Waals surface area (Å²) in [6, 6.07) is 23.9. The van der Waals surface area contributed by atoms with E-state index in [-0.39, 0.29) is 13.2 Å². The van der Waals surface area contributed by atoms with E-state index in [1.54, 1.807) is 50.2 Å². The van der Waals surface area contributed by atoms with Crippen LogP contribution in [-0.2, 0) is 20.9 Å². The van der Waals surface area contributed by atoms with Crippen LogP contribution in [0, 0.1) is 0 Å². The largest absolute Gasteiger partial charge is 0.493 e. The topological polar surface area (TPSA) is 120 Å². The second-order valence-electron chi connectivity index (χ2n) is 10.4. The normalized spacial score (nSPS) is 14.4. The molecule has 5 rings (SSSR count). The minimum Gasteiger partial charge on any atom is -0.493 e. The number of nitrogens with zero attached hydrogens (tertiary/aromatic N) is 1. The second-order valence-corrected chi connectivity index (χ2v) is 11.2. The van der Waals surface area contributed by atoms with E-state index >= 15 is 0 Å². The Morgan fingerprint density at radius 1 is 1.02 bits per heavy atom. The number of rotatable bonds is 12. The molecule has 0 spiro atoms. The first-order valence-corrected chi connectivity index (χ1v) is 15.5. The number of benzene rings is 4. The fraction of sp³-hybridized carbons (Fsp3) is 0.200. The smallest absolute Gasteiger partial charge is 0.338 e. The summed E-state index contributed by atoms with van der Waals surface area (Å²) in [5, 5.41) is 13.0. The number of carbonyl (C=O) groups excluding carboxylic acids is 2. The molecule has 1 heterocycles. The number of amides is 1. The van der Waals surface area contributed by atoms with Crippen molar-refractivity contribution < 1.29 is 28.5 Å². The van der Waals surface area contributed by atoms with E-state index in [1.165, 1.54) is 13.3 Å². The lowest BCUT2D eigenvalue weighted by molar-refractivity contribution is -0.139. The maximum atomic E-state index is 12.8. The predicted octanol–water partition coefficient (Wildman–Crippen LogP) is 5.97. The fourth-order valence-electron chi connectivity index (χ4n) is 5.13. The van der Waals surface area contributed by atoms with E-state index in [9.17, 15) is 9.59 Å². The molecule has 0 bridgehead atoms. The molecule has 0 aromatic heterocycles. The van der Waals surface area contributed by atoms with Crippen LogP contribution < -0.4 is 30.3 Å². The Labute approximate surface area is 282 Å². The van der Waals surface area contributed by atoms with Gasteiger partial charge in [-0.25, -0.2) is 10.2 Å². The quantitative estimate of drug-likeness (QED) is 0.0724. The SMILES string of the molecule is CCOC(=O)C1=C(C)NC(=S)N[C@H]1c1ccccc1OCC(=O)NN=Cc1cc(Cl)c(OCc2cccc3ccccc23)c(OC)c1. The van der Waals surface area contributed by atoms with Crippen molar-refractivity contribution in [3.63, 3.8) is 0 Å². The highest BCUT2D eigenvalue weighted by Crippen LogP contribution is 2.37. The molecule has 10 nitrogen and oxygen atoms in total. The number of halogens is 1. The molecule has 4 aromatic rings. The van der Waals surface area contributed by atoms with Crippen LogP contribution in [0.25, 0.3) is 10.8 Å². The van der Waals surface area contributed by atoms with Crippen molar-refractivity contribution in [2.24, 2.45) is 5.10 Å². The Balaban J connectivity index is 1.22. The molecule has 1 amide bonds. The van der Waals surface area contributed by atoms with Gasteiger partial charge in [-0.15, -0.1) is 0 Å². The number of fused-ring (bicyclic) bond motifs is 1. The molecule has 4 aromatic carbocycles. The van der Waals surface area contributed by atoms with Gasteiger partial charge in [0.2, 0.25) is 0 Å². The Kier molecular flexibility index (Phi) is 10.9. The van der Waals surface area contributed by atoms with Crippen molar-refractivity contribution in [1.29, 1.82) is 0 Å². The summed E-state index contributed by atoms with van der Waals surface area (Å²) in [5.74, 6) is 0.216. The van der Waals surface area contributed by atoms with Gasteiger partial charge in [-0.1, -0.05) is 72.3 Å². The Morgan fingerprint density at radius 2 is 1.79 bits per heavy atom. The highest BCUT2D eigenvalue weighted by Gasteiger charge is 2.32. The summed E-state index contributed by atoms with van der Waals surface area (Å²) in [7, 11) is 1.52. The van der Waals surface area contributed by atoms with Gasteiger partial charge in [0.15, 0.2) is 23.2 Å². The molecule has 47 heavy (non-hydrogen) atoms. The van der Waals surface area contributed by atoms with Crippen LogP contribution in [0.2, 0.25) is 5.02 Å². The monoisotopic (exact) mass is 672 g/mol. The number of thiocarbonyl (C=S) groups is 1. The number of methoxy groups -OCH3 is 1. The lowest BCUT2D eigenvalue weighted by atomic mass is 9.95. The fourth-order valence-corrected chi connectivity index (χ4v) is 5.68. The average molecular weight is 673 g/mol. The van der Waals surface area contributed by atoms with Crippen LogP contribution >= 0.6 is 23.8 Å². The lowest BCUT2D eigenvalue weighted by Gasteiger charge is -2.30. The summed E-state index contributed by atoms with van der Waals surface area (Å²) in [6.07, 6.45) is 1.44. The lowest BCUT2D eigenvalue weighted by Crippen LogP contribution is -2.45. The third-order valence-electron chi connectivity index (χ3n) is 7.26. The minimum absolute atomic E-state index is 0.217. The first-order valence-electron chi connectivity index (χ1n) is 14.7. The van der Waals surface area contributed by atoms with Crippen molar-refractivity contribution in [2.75, 3.05) is 20.3 Å². The number of ether oxygens (including phenoxy) is 4. The molecule has 1 aliphatic heterocycles. The highest BCUT2D eigenvalue weighted by molar-refractivity contribution is 7.80. The van der Waals surface area contributed by atoms with Crippen LogP contribution in [0.5, 0.6) is 17.2 Å². The molecule has 12 heteroatoms. The van der Waals surface area contributed by atoms with Crippen molar-refractivity contribution in [3.8, 4) is 17.2 Å². The highest BCUT2D eigenvalue weighted by atomic mass is 35.5. The van der Waals surface area contributed by atoms with Crippen molar-refractivity contribution >= 4 is 57.8 Å². The van der Waals surface area contributed by atoms with Crippen LogP contribution in [0.4, 0.5) is 0 Å². The number of nitrogens with one attached hydrogen (secondary N) is 3. The molecule has 1 atom stereocenters. The van der Waals surface area contributed by atoms with Gasteiger partial charge in [0.05, 0.1) is 36.6 Å². The van der Waals surface area contributed by atoms with Crippen LogP contribution in [-0.4, -0.2) is 43.5 Å². The van der Waals surface area contributed by atoms with Crippen molar-refractivity contribution in [1.82, 2.24) is 16.1 Å². The van der Waals surface area contributed by atoms with Crippen LogP contribution in [0.1, 0.15) is 36.6 Å². The second kappa shape index (κ2) is 15.4. The number of carbonyl (C=O) groups is 2. The first-order chi connectivity index (χ1) is 22.8. The summed E-state index contributed by atoms with van der Waals surface area (Å²) >= 11 is 11.9. The zero-order chi connectivity index (χ0) is 33.3. The summed E-state index contributed by atoms with van der Waals surface area (Å²) in [4.78, 5) is 25.4. The number of allylic oxidation sites excluding steroid dienone is 1. The minimum atomic E-state index is -0.640. The van der Waals surface area contributed by atoms with E-state index in [0.717, 1.165) is 16.3 Å². The Bertz CT molecular complexity index is 1870. The van der Waals surface area contributed by atoms with Crippen molar-refractivity contribution in [2.45, 2.75) is 26.5 Å². The van der Waals surface area contributed by atoms with Crippen LogP contribution in [0.15, 0.2) is 95.2 Å². The van der Waals surface area contributed by atoms with Gasteiger partial charge < -0.3 is 29.6 Å². The molecule has 0 aliphatic carbocycles. The average Bonchev–Trinajstić information content (AvgIpc) is 3.06. The van der Waals surface area contributed by atoms with Gasteiger partial charge in [0, 0.05) is 11.3 Å². The third kappa shape index (κ3) is 8.00. The zero-order valence-electron chi connectivity index (χ0n) is 26.0. The van der Waals surface area contributed by atoms with Gasteiger partial charge in [0.1, 0.15) is 12.4 Å². The maximum Gasteiger partial charge on any atom is 0.338 e. The first kappa shape index (κ1) is 33.2. The van der Waals surface area contributed by atoms with E-state index < -0.39 is 17.9 Å². The van der Waals surface area contributed by atoms with Gasteiger partial charge in [-0.3, -0.25) is 4.79 Å². The van der Waals surface area contributed by atoms with Gasteiger partial charge in [-0.05, 0) is 66.2 Å². The number of hydrogen-bond donors (Lipinski definition) is 3. The Hall–Kier alpha value is -5.13.